The summed E-state index contributed by atoms with van der Waals surface area (Å²) in [6, 6.07) is 16.4. The molecule has 0 aliphatic rings. The van der Waals surface area contributed by atoms with Crippen molar-refractivity contribution >= 4 is 84.2 Å². The zero-order valence-electron chi connectivity index (χ0n) is 11.4. The maximum atomic E-state index is 6.10. The molecule has 5 heteroatoms. The lowest BCUT2D eigenvalue weighted by atomic mass is 10.0. The quantitative estimate of drug-likeness (QED) is 0.294. The van der Waals surface area contributed by atoms with Gasteiger partial charge in [0.1, 0.15) is 12.4 Å². The van der Waals surface area contributed by atoms with Gasteiger partial charge in [-0.05, 0) is 96.9 Å². The van der Waals surface area contributed by atoms with Crippen LogP contribution in [0.25, 0.3) is 10.8 Å². The highest BCUT2D eigenvalue weighted by molar-refractivity contribution is 14.1. The number of hydrogen-bond donors (Lipinski definition) is 1. The SMILES string of the molecule is Nc1ccc(COc2c(I)cc(I)cc2I)c2ccccc12. The predicted molar refractivity (Wildman–Crippen MR) is 117 cm³/mol. The molecule has 0 aromatic heterocycles. The summed E-state index contributed by atoms with van der Waals surface area (Å²) in [5.41, 5.74) is 8.00. The molecule has 0 atom stereocenters. The Morgan fingerprint density at radius 1 is 0.864 bits per heavy atom. The number of nitrogens with two attached hydrogens (primary N) is 1. The van der Waals surface area contributed by atoms with Crippen LogP contribution in [0.3, 0.4) is 0 Å². The summed E-state index contributed by atoms with van der Waals surface area (Å²) in [6.07, 6.45) is 0. The molecule has 2 N–H and O–H groups in total. The fourth-order valence-electron chi connectivity index (χ4n) is 2.33. The number of fused-ring (bicyclic) bond motifs is 1. The summed E-state index contributed by atoms with van der Waals surface area (Å²) in [5, 5.41) is 2.23. The molecule has 3 aromatic carbocycles. The Kier molecular flexibility index (Phi) is 5.33. The number of benzene rings is 3. The minimum absolute atomic E-state index is 0.535. The second-order valence-corrected chi connectivity index (χ2v) is 8.42. The molecule has 0 spiro atoms. The largest absolute Gasteiger partial charge is 0.487 e. The van der Waals surface area contributed by atoms with E-state index in [2.05, 4.69) is 86.0 Å². The van der Waals surface area contributed by atoms with Gasteiger partial charge in [0.25, 0.3) is 0 Å². The van der Waals surface area contributed by atoms with E-state index in [1.165, 1.54) is 3.57 Å². The van der Waals surface area contributed by atoms with E-state index in [1.54, 1.807) is 0 Å². The minimum atomic E-state index is 0.535. The van der Waals surface area contributed by atoms with Crippen molar-refractivity contribution in [2.45, 2.75) is 6.61 Å². The summed E-state index contributed by atoms with van der Waals surface area (Å²) < 4.78 is 9.58. The lowest BCUT2D eigenvalue weighted by molar-refractivity contribution is 0.303. The Morgan fingerprint density at radius 2 is 1.50 bits per heavy atom. The fourth-order valence-corrected chi connectivity index (χ4v) is 6.22. The monoisotopic (exact) mass is 627 g/mol. The molecular formula is C17H12I3NO. The lowest BCUT2D eigenvalue weighted by Gasteiger charge is -2.13. The summed E-state index contributed by atoms with van der Waals surface area (Å²) in [6.45, 7) is 0.535. The first-order valence-corrected chi connectivity index (χ1v) is 9.83. The van der Waals surface area contributed by atoms with E-state index in [-0.39, 0.29) is 0 Å². The second kappa shape index (κ2) is 7.08. The number of halogens is 3. The zero-order chi connectivity index (χ0) is 15.7. The van der Waals surface area contributed by atoms with Gasteiger partial charge in [-0.3, -0.25) is 0 Å². The summed E-state index contributed by atoms with van der Waals surface area (Å²) in [4.78, 5) is 0. The van der Waals surface area contributed by atoms with E-state index in [9.17, 15) is 0 Å². The van der Waals surface area contributed by atoms with Crippen molar-refractivity contribution in [2.24, 2.45) is 0 Å². The molecule has 3 aromatic rings. The average molecular weight is 627 g/mol. The van der Waals surface area contributed by atoms with Crippen LogP contribution in [0.2, 0.25) is 0 Å². The van der Waals surface area contributed by atoms with Gasteiger partial charge in [-0.2, -0.15) is 0 Å². The van der Waals surface area contributed by atoms with Crippen molar-refractivity contribution in [3.05, 3.63) is 64.8 Å². The van der Waals surface area contributed by atoms with E-state index in [1.807, 2.05) is 30.3 Å². The predicted octanol–water partition coefficient (Wildman–Crippen LogP) is 5.81. The van der Waals surface area contributed by atoms with Crippen LogP contribution in [0.5, 0.6) is 5.75 Å². The molecule has 3 rings (SSSR count). The molecule has 0 saturated heterocycles. The molecule has 0 aliphatic heterocycles. The van der Waals surface area contributed by atoms with E-state index >= 15 is 0 Å². The topological polar surface area (TPSA) is 35.2 Å². The minimum Gasteiger partial charge on any atom is -0.487 e. The highest BCUT2D eigenvalue weighted by Gasteiger charge is 2.10. The first kappa shape index (κ1) is 16.6. The van der Waals surface area contributed by atoms with Crippen LogP contribution >= 0.6 is 67.8 Å². The molecular weight excluding hydrogens is 615 g/mol. The van der Waals surface area contributed by atoms with Crippen LogP contribution in [0.4, 0.5) is 5.69 Å². The molecule has 0 radical (unpaired) electrons. The summed E-state index contributed by atoms with van der Waals surface area (Å²) >= 11 is 6.97. The van der Waals surface area contributed by atoms with Crippen LogP contribution in [0.1, 0.15) is 5.56 Å². The Balaban J connectivity index is 1.94. The van der Waals surface area contributed by atoms with Gasteiger partial charge in [0, 0.05) is 14.6 Å². The molecule has 22 heavy (non-hydrogen) atoms. The van der Waals surface area contributed by atoms with Gasteiger partial charge in [0.2, 0.25) is 0 Å². The van der Waals surface area contributed by atoms with E-state index < -0.39 is 0 Å². The van der Waals surface area contributed by atoms with E-state index in [4.69, 9.17) is 10.5 Å². The Morgan fingerprint density at radius 3 is 2.18 bits per heavy atom. The molecule has 0 heterocycles. The Hall–Kier alpha value is -0.290. The van der Waals surface area contributed by atoms with Crippen LogP contribution in [-0.2, 0) is 6.61 Å². The van der Waals surface area contributed by atoms with Crippen molar-refractivity contribution in [3.63, 3.8) is 0 Å². The van der Waals surface area contributed by atoms with Crippen molar-refractivity contribution in [1.82, 2.24) is 0 Å². The highest BCUT2D eigenvalue weighted by Crippen LogP contribution is 2.31. The number of ether oxygens (including phenoxy) is 1. The fraction of sp³-hybridized carbons (Fsp3) is 0.0588. The van der Waals surface area contributed by atoms with Crippen LogP contribution in [-0.4, -0.2) is 0 Å². The van der Waals surface area contributed by atoms with Crippen molar-refractivity contribution in [1.29, 1.82) is 0 Å². The van der Waals surface area contributed by atoms with Crippen LogP contribution < -0.4 is 10.5 Å². The second-order valence-electron chi connectivity index (χ2n) is 4.85. The average Bonchev–Trinajstić information content (AvgIpc) is 2.48. The summed E-state index contributed by atoms with van der Waals surface area (Å²) in [5.74, 6) is 0.947. The summed E-state index contributed by atoms with van der Waals surface area (Å²) in [7, 11) is 0. The Labute approximate surface area is 170 Å². The molecule has 2 nitrogen and oxygen atoms in total. The van der Waals surface area contributed by atoms with Gasteiger partial charge in [-0.1, -0.05) is 30.3 Å². The number of rotatable bonds is 3. The molecule has 0 amide bonds. The van der Waals surface area contributed by atoms with Gasteiger partial charge >= 0.3 is 0 Å². The molecule has 0 fully saturated rings. The first-order valence-electron chi connectivity index (χ1n) is 6.59. The maximum absolute atomic E-state index is 6.10. The smallest absolute Gasteiger partial charge is 0.146 e. The normalized spacial score (nSPS) is 10.9. The van der Waals surface area contributed by atoms with Gasteiger partial charge in [-0.25, -0.2) is 0 Å². The third kappa shape index (κ3) is 3.45. The van der Waals surface area contributed by atoms with Crippen molar-refractivity contribution < 1.29 is 4.74 Å². The van der Waals surface area contributed by atoms with Crippen LogP contribution in [0.15, 0.2) is 48.5 Å². The first-order chi connectivity index (χ1) is 10.6. The molecule has 0 bridgehead atoms. The highest BCUT2D eigenvalue weighted by atomic mass is 127. The number of nitrogen functional groups attached to an aromatic ring is 1. The van der Waals surface area contributed by atoms with E-state index in [0.717, 1.165) is 34.9 Å². The van der Waals surface area contributed by atoms with Gasteiger partial charge in [0.15, 0.2) is 0 Å². The lowest BCUT2D eigenvalue weighted by Crippen LogP contribution is -2.01. The Bertz CT molecular complexity index is 825. The zero-order valence-corrected chi connectivity index (χ0v) is 17.9. The third-order valence-corrected chi connectivity index (χ3v) is 5.61. The molecule has 0 aliphatic carbocycles. The molecule has 0 unspecified atom stereocenters. The van der Waals surface area contributed by atoms with Gasteiger partial charge < -0.3 is 10.5 Å². The number of anilines is 1. The van der Waals surface area contributed by atoms with Gasteiger partial charge in [-0.15, -0.1) is 0 Å². The van der Waals surface area contributed by atoms with Crippen LogP contribution in [0, 0.1) is 10.7 Å². The van der Waals surface area contributed by atoms with E-state index in [0.29, 0.717) is 6.61 Å². The number of hydrogen-bond acceptors (Lipinski definition) is 2. The van der Waals surface area contributed by atoms with Gasteiger partial charge in [0.05, 0.1) is 7.14 Å². The third-order valence-electron chi connectivity index (χ3n) is 3.38. The van der Waals surface area contributed by atoms with Crippen molar-refractivity contribution in [2.75, 3.05) is 5.73 Å². The maximum Gasteiger partial charge on any atom is 0.146 e. The molecule has 112 valence electrons. The standard InChI is InChI=1S/C17H12I3NO/c18-11-7-14(19)17(15(20)8-11)22-9-10-5-6-16(21)13-4-2-1-3-12(10)13/h1-8H,9,21H2. The van der Waals surface area contributed by atoms with Crippen molar-refractivity contribution in [3.8, 4) is 5.75 Å². The molecule has 0 saturated carbocycles.